The van der Waals surface area contributed by atoms with Gasteiger partial charge in [-0.05, 0) is 41.8 Å². The van der Waals surface area contributed by atoms with Crippen molar-refractivity contribution in [1.82, 2.24) is 20.4 Å². The Morgan fingerprint density at radius 2 is 1.76 bits per heavy atom. The van der Waals surface area contributed by atoms with Gasteiger partial charge in [0.2, 0.25) is 5.91 Å². The molecule has 0 saturated carbocycles. The van der Waals surface area contributed by atoms with Crippen LogP contribution in [0.3, 0.4) is 0 Å². The fraction of sp³-hybridized carbons (Fsp3) is 0.125. The lowest BCUT2D eigenvalue weighted by atomic mass is 9.97. The van der Waals surface area contributed by atoms with E-state index >= 15 is 0 Å². The van der Waals surface area contributed by atoms with Crippen LogP contribution in [-0.4, -0.2) is 32.8 Å². The summed E-state index contributed by atoms with van der Waals surface area (Å²) in [5, 5.41) is 14.5. The molecule has 3 amide bonds. The predicted octanol–water partition coefficient (Wildman–Crippen LogP) is 3.73. The molecule has 3 aromatic rings. The first kappa shape index (κ1) is 22.1. The van der Waals surface area contributed by atoms with Crippen molar-refractivity contribution in [3.63, 3.8) is 0 Å². The maximum atomic E-state index is 13.1. The maximum absolute atomic E-state index is 13.1. The Bertz CT molecular complexity index is 1310. The molecule has 0 saturated heterocycles. The van der Waals surface area contributed by atoms with E-state index in [9.17, 15) is 14.4 Å². The fourth-order valence-corrected chi connectivity index (χ4v) is 4.18. The lowest BCUT2D eigenvalue weighted by Crippen LogP contribution is -2.33. The van der Waals surface area contributed by atoms with E-state index in [2.05, 4.69) is 34.0 Å². The number of carbonyl (C=O) groups is 3. The van der Waals surface area contributed by atoms with E-state index in [1.807, 2.05) is 18.2 Å². The number of aryl methyl sites for hydroxylation is 1. The molecule has 2 N–H and O–H groups in total. The number of carbonyl (C=O) groups excluding carboxylic acids is 3. The van der Waals surface area contributed by atoms with Crippen molar-refractivity contribution in [2.75, 3.05) is 5.32 Å². The molecule has 0 aliphatic carbocycles. The molecule has 0 fully saturated rings. The molecule has 0 unspecified atom stereocenters. The highest BCUT2D eigenvalue weighted by Gasteiger charge is 2.33. The monoisotopic (exact) mass is 459 g/mol. The van der Waals surface area contributed by atoms with Gasteiger partial charge < -0.3 is 10.6 Å². The summed E-state index contributed by atoms with van der Waals surface area (Å²) in [5.41, 5.74) is 4.10. The van der Waals surface area contributed by atoms with Gasteiger partial charge in [-0.1, -0.05) is 48.8 Å². The van der Waals surface area contributed by atoms with Gasteiger partial charge in [0, 0.05) is 18.2 Å². The summed E-state index contributed by atoms with van der Waals surface area (Å²) >= 11 is 1.31. The van der Waals surface area contributed by atoms with Crippen LogP contribution in [0.4, 0.5) is 5.69 Å². The third-order valence-corrected chi connectivity index (χ3v) is 6.02. The zero-order chi connectivity index (χ0) is 23.7. The molecule has 166 valence electrons. The molecule has 1 aliphatic heterocycles. The van der Waals surface area contributed by atoms with Crippen molar-refractivity contribution in [2.24, 2.45) is 0 Å². The highest BCUT2D eigenvalue weighted by molar-refractivity contribution is 7.12. The van der Waals surface area contributed by atoms with Crippen molar-refractivity contribution in [3.05, 3.63) is 82.5 Å². The molecule has 2 aromatic carbocycles. The number of amides is 3. The third kappa shape index (κ3) is 4.44. The molecular formula is C24H21N5O3S. The Labute approximate surface area is 194 Å². The van der Waals surface area contributed by atoms with Crippen LogP contribution in [0.25, 0.3) is 16.8 Å². The van der Waals surface area contributed by atoms with E-state index in [0.29, 0.717) is 22.0 Å². The fourth-order valence-electron chi connectivity index (χ4n) is 3.56. The Morgan fingerprint density at radius 3 is 2.39 bits per heavy atom. The van der Waals surface area contributed by atoms with Gasteiger partial charge in [-0.2, -0.15) is 0 Å². The molecule has 0 spiro atoms. The summed E-state index contributed by atoms with van der Waals surface area (Å²) in [4.78, 5) is 38.4. The maximum Gasteiger partial charge on any atom is 0.271 e. The number of hydrogen-bond donors (Lipinski definition) is 2. The smallest absolute Gasteiger partial charge is 0.271 e. The summed E-state index contributed by atoms with van der Waals surface area (Å²) in [6, 6.07) is 12.8. The first-order valence-electron chi connectivity index (χ1n) is 10.1. The van der Waals surface area contributed by atoms with Crippen LogP contribution in [0.2, 0.25) is 0 Å². The molecule has 1 aromatic heterocycles. The van der Waals surface area contributed by atoms with Crippen LogP contribution in [0.1, 0.15) is 32.9 Å². The second-order valence-electron chi connectivity index (χ2n) is 7.49. The Balaban J connectivity index is 1.53. The van der Waals surface area contributed by atoms with Crippen molar-refractivity contribution >= 4 is 40.4 Å². The molecule has 0 radical (unpaired) electrons. The average molecular weight is 460 g/mol. The van der Waals surface area contributed by atoms with Crippen LogP contribution >= 0.6 is 11.3 Å². The van der Waals surface area contributed by atoms with Crippen molar-refractivity contribution in [3.8, 4) is 11.1 Å². The molecule has 0 bridgehead atoms. The highest BCUT2D eigenvalue weighted by atomic mass is 32.1. The topological polar surface area (TPSA) is 104 Å². The molecule has 0 atom stereocenters. The van der Waals surface area contributed by atoms with E-state index < -0.39 is 5.91 Å². The SMILES string of the molecule is C=C(NC(=O)C(=C)N1Cc2c(cccc2-c2ccc(NC(C)=O)cc2)C1=O)c1nnc(C)s1. The number of rotatable bonds is 6. The summed E-state index contributed by atoms with van der Waals surface area (Å²) < 4.78 is 0. The first-order chi connectivity index (χ1) is 15.7. The number of nitrogens with one attached hydrogen (secondary N) is 2. The lowest BCUT2D eigenvalue weighted by Gasteiger charge is -2.18. The quantitative estimate of drug-likeness (QED) is 0.547. The number of aromatic nitrogens is 2. The Hall–Kier alpha value is -4.11. The number of anilines is 1. The number of benzene rings is 2. The summed E-state index contributed by atoms with van der Waals surface area (Å²) in [7, 11) is 0. The highest BCUT2D eigenvalue weighted by Crippen LogP contribution is 2.34. The van der Waals surface area contributed by atoms with Gasteiger partial charge in [0.25, 0.3) is 11.8 Å². The molecule has 2 heterocycles. The van der Waals surface area contributed by atoms with E-state index in [1.165, 1.54) is 23.2 Å². The van der Waals surface area contributed by atoms with Gasteiger partial charge in [-0.3, -0.25) is 19.3 Å². The van der Waals surface area contributed by atoms with Crippen LogP contribution in [0.15, 0.2) is 61.3 Å². The summed E-state index contributed by atoms with van der Waals surface area (Å²) in [6.07, 6.45) is 0. The number of nitrogens with zero attached hydrogens (tertiary/aromatic N) is 3. The van der Waals surface area contributed by atoms with Crippen LogP contribution < -0.4 is 10.6 Å². The van der Waals surface area contributed by atoms with E-state index in [1.54, 1.807) is 31.2 Å². The average Bonchev–Trinajstić information content (AvgIpc) is 3.37. The molecular weight excluding hydrogens is 438 g/mol. The van der Waals surface area contributed by atoms with Gasteiger partial charge in [0.15, 0.2) is 5.01 Å². The van der Waals surface area contributed by atoms with Gasteiger partial charge in [0.05, 0.1) is 12.2 Å². The van der Waals surface area contributed by atoms with Crippen molar-refractivity contribution in [1.29, 1.82) is 0 Å². The van der Waals surface area contributed by atoms with Crippen molar-refractivity contribution < 1.29 is 14.4 Å². The predicted molar refractivity (Wildman–Crippen MR) is 127 cm³/mol. The largest absolute Gasteiger partial charge is 0.326 e. The lowest BCUT2D eigenvalue weighted by molar-refractivity contribution is -0.117. The minimum absolute atomic E-state index is 0.0190. The Morgan fingerprint density at radius 1 is 1.06 bits per heavy atom. The number of hydrogen-bond acceptors (Lipinski definition) is 6. The minimum atomic E-state index is -0.532. The van der Waals surface area contributed by atoms with Crippen molar-refractivity contribution in [2.45, 2.75) is 20.4 Å². The van der Waals surface area contributed by atoms with Crippen LogP contribution in [-0.2, 0) is 16.1 Å². The zero-order valence-corrected chi connectivity index (χ0v) is 19.0. The summed E-state index contributed by atoms with van der Waals surface area (Å²) in [6.45, 7) is 11.1. The molecule has 9 heteroatoms. The number of fused-ring (bicyclic) bond motifs is 1. The molecule has 1 aliphatic rings. The van der Waals surface area contributed by atoms with Gasteiger partial charge in [-0.25, -0.2) is 0 Å². The van der Waals surface area contributed by atoms with Gasteiger partial charge >= 0.3 is 0 Å². The minimum Gasteiger partial charge on any atom is -0.326 e. The Kier molecular flexibility index (Phi) is 5.89. The van der Waals surface area contributed by atoms with Crippen LogP contribution in [0, 0.1) is 6.92 Å². The molecule has 8 nitrogen and oxygen atoms in total. The normalized spacial score (nSPS) is 12.3. The molecule has 33 heavy (non-hydrogen) atoms. The zero-order valence-electron chi connectivity index (χ0n) is 18.1. The first-order valence-corrected chi connectivity index (χ1v) is 10.9. The summed E-state index contributed by atoms with van der Waals surface area (Å²) in [5.74, 6) is -0.972. The van der Waals surface area contributed by atoms with E-state index in [0.717, 1.165) is 21.7 Å². The second kappa shape index (κ2) is 8.79. The van der Waals surface area contributed by atoms with Gasteiger partial charge in [0.1, 0.15) is 10.7 Å². The van der Waals surface area contributed by atoms with E-state index in [-0.39, 0.29) is 24.1 Å². The van der Waals surface area contributed by atoms with Crippen LogP contribution in [0.5, 0.6) is 0 Å². The standard InChI is InChI=1S/C24H21N5O3S/c1-13(23-28-27-16(4)33-23)25-22(31)14(2)29-12-21-19(6-5-7-20(21)24(29)32)17-8-10-18(11-9-17)26-15(3)30/h5-11H,1-2,12H2,3-4H3,(H,25,31)(H,26,30). The van der Waals surface area contributed by atoms with E-state index in [4.69, 9.17) is 0 Å². The second-order valence-corrected chi connectivity index (χ2v) is 8.67. The molecule has 4 rings (SSSR count). The van der Waals surface area contributed by atoms with Gasteiger partial charge in [-0.15, -0.1) is 10.2 Å². The third-order valence-electron chi connectivity index (χ3n) is 5.12.